The highest BCUT2D eigenvalue weighted by Crippen LogP contribution is 2.21. The number of carbonyl (C=O) groups excluding carboxylic acids is 8. The molecule has 0 spiro atoms. The number of aliphatic hydroxyl groups excluding tert-OH is 1. The molecule has 21 nitrogen and oxygen atoms in total. The van der Waals surface area contributed by atoms with Gasteiger partial charge in [0.15, 0.2) is 0 Å². The van der Waals surface area contributed by atoms with Gasteiger partial charge in [0.25, 0.3) is 0 Å². The van der Waals surface area contributed by atoms with E-state index in [0.717, 1.165) is 21.9 Å². The molecule has 0 aliphatic rings. The van der Waals surface area contributed by atoms with Crippen LogP contribution in [0.5, 0.6) is 0 Å². The number of thiol groups is 2. The molecule has 1 unspecified atom stereocenters. The van der Waals surface area contributed by atoms with Gasteiger partial charge in [0.05, 0.1) is 12.1 Å². The van der Waals surface area contributed by atoms with Crippen molar-refractivity contribution in [2.75, 3.05) is 11.5 Å². The molecule has 2 heterocycles. The molecule has 8 amide bonds. The largest absolute Gasteiger partial charge is 0.391 e. The van der Waals surface area contributed by atoms with Crippen molar-refractivity contribution in [3.05, 3.63) is 149 Å². The zero-order valence-electron chi connectivity index (χ0n) is 43.2. The molecule has 6 rings (SSSR count). The predicted octanol–water partition coefficient (Wildman–Crippen LogP) is 0.434. The first-order chi connectivity index (χ1) is 37.7. The Morgan fingerprint density at radius 2 is 1.10 bits per heavy atom. The number of nitrogens with one attached hydrogen (secondary N) is 8. The lowest BCUT2D eigenvalue weighted by Gasteiger charge is -2.29. The van der Waals surface area contributed by atoms with Gasteiger partial charge < -0.3 is 64.5 Å². The van der Waals surface area contributed by atoms with Gasteiger partial charge in [-0.1, -0.05) is 90.5 Å². The number of rotatable bonds is 27. The monoisotopic (exact) mass is 1140 g/mol. The maximum Gasteiger partial charge on any atom is 0.245 e. The van der Waals surface area contributed by atoms with Crippen LogP contribution < -0.4 is 54.4 Å². The van der Waals surface area contributed by atoms with E-state index in [9.17, 15) is 43.5 Å². The first-order valence-electron chi connectivity index (χ1n) is 25.2. The van der Waals surface area contributed by atoms with E-state index < -0.39 is 108 Å². The van der Waals surface area contributed by atoms with E-state index in [0.29, 0.717) is 27.1 Å². The van der Waals surface area contributed by atoms with Gasteiger partial charge in [-0.05, 0) is 77.6 Å². The lowest BCUT2D eigenvalue weighted by Crippen LogP contribution is -2.64. The summed E-state index contributed by atoms with van der Waals surface area (Å²) in [6.07, 6.45) is 2.97. The molecule has 0 aliphatic carbocycles. The molecule has 0 radical (unpaired) electrons. The number of pyridine rings is 1. The number of nitrogens with two attached hydrogens (primary N) is 3. The lowest BCUT2D eigenvalue weighted by molar-refractivity contribution is -0.137. The third-order valence-corrected chi connectivity index (χ3v) is 13.9. The number of aromatic amines is 1. The van der Waals surface area contributed by atoms with Crippen LogP contribution >= 0.6 is 36.9 Å². The molecule has 15 N–H and O–H groups in total. The zero-order chi connectivity index (χ0) is 57.3. The van der Waals surface area contributed by atoms with E-state index in [1.807, 2.05) is 48.5 Å². The fourth-order valence-corrected chi connectivity index (χ4v) is 9.21. The van der Waals surface area contributed by atoms with Crippen LogP contribution in [0, 0.1) is 0 Å². The Labute approximate surface area is 471 Å². The molecule has 418 valence electrons. The molecule has 6 aromatic rings. The Kier molecular flexibility index (Phi) is 22.2. The molecule has 79 heavy (non-hydrogen) atoms. The Bertz CT molecular complexity index is 3110. The topological polar surface area (TPSA) is 348 Å². The maximum absolute atomic E-state index is 14.6. The smallest absolute Gasteiger partial charge is 0.245 e. The zero-order valence-corrected chi connectivity index (χ0v) is 45.8. The molecular formula is C55H65ClN12O9S2. The third kappa shape index (κ3) is 17.2. The van der Waals surface area contributed by atoms with Gasteiger partial charge >= 0.3 is 0 Å². The molecule has 0 saturated heterocycles. The van der Waals surface area contributed by atoms with Crippen molar-refractivity contribution in [1.82, 2.24) is 47.2 Å². The van der Waals surface area contributed by atoms with Gasteiger partial charge in [-0.25, -0.2) is 0 Å². The van der Waals surface area contributed by atoms with Crippen LogP contribution in [0.15, 0.2) is 122 Å². The van der Waals surface area contributed by atoms with Crippen LogP contribution in [0.25, 0.3) is 21.7 Å². The second kappa shape index (κ2) is 28.9. The first kappa shape index (κ1) is 60.7. The van der Waals surface area contributed by atoms with Gasteiger partial charge in [-0.3, -0.25) is 43.3 Å². The van der Waals surface area contributed by atoms with Gasteiger partial charge in [0, 0.05) is 71.3 Å². The fourth-order valence-electron chi connectivity index (χ4n) is 8.57. The Balaban J connectivity index is 1.17. The Morgan fingerprint density at radius 3 is 1.72 bits per heavy atom. The van der Waals surface area contributed by atoms with Crippen molar-refractivity contribution >= 4 is 106 Å². The quantitative estimate of drug-likeness (QED) is 0.0313. The number of aromatic nitrogens is 2. The van der Waals surface area contributed by atoms with Crippen molar-refractivity contribution in [1.29, 1.82) is 0 Å². The summed E-state index contributed by atoms with van der Waals surface area (Å²) >= 11 is 14.5. The van der Waals surface area contributed by atoms with Gasteiger partial charge in [0.2, 0.25) is 47.3 Å². The third-order valence-electron chi connectivity index (χ3n) is 12.9. The highest BCUT2D eigenvalue weighted by atomic mass is 35.5. The summed E-state index contributed by atoms with van der Waals surface area (Å²) in [6, 6.07) is 18.2. The molecule has 0 aliphatic heterocycles. The maximum atomic E-state index is 14.6. The number of aliphatic hydroxyl groups is 1. The fraction of sp³-hybridized carbons (Fsp3) is 0.327. The molecule has 0 bridgehead atoms. The standard InChI is InChI=1S/C55H65ClN12O9S2/c1-29(57)46(54(76)68-47(30(2)69)55(77)66-45(28-79)52(74)62-41(48(59)70)22-32-13-16-34-9-3-4-10-35(34)20-32)67-51(73)43(24-36-26-61-40-12-6-5-11-38(36)40)64-50(72)42(23-33-8-7-19-60-25-33)63-53(75)44(27-78)65-49(71)39(58)21-31-14-17-37(56)18-15-31/h3-20,25-26,29-30,39,41-47,61,69,78-79H,21-24,27-28,57-58H2,1-2H3,(H2,59,70)(H,62,74)(H,63,75)(H,64,72)(H,65,71)(H,66,77)(H,67,73)(H,68,76)/t29?,30-,39+,41+,42+,43-,44-,45+,46+,47+/m1/s1. The highest BCUT2D eigenvalue weighted by Gasteiger charge is 2.37. The number of halogens is 1. The number of nitrogens with zero attached hydrogens (tertiary/aromatic N) is 1. The van der Waals surface area contributed by atoms with Crippen LogP contribution in [-0.2, 0) is 64.0 Å². The lowest BCUT2D eigenvalue weighted by atomic mass is 10.0. The van der Waals surface area contributed by atoms with E-state index in [1.54, 1.807) is 60.8 Å². The summed E-state index contributed by atoms with van der Waals surface area (Å²) in [5.74, 6) is -7.37. The number of benzene rings is 4. The van der Waals surface area contributed by atoms with E-state index in [-0.39, 0.29) is 37.2 Å². The summed E-state index contributed by atoms with van der Waals surface area (Å²) < 4.78 is 0. The van der Waals surface area contributed by atoms with E-state index in [2.05, 4.69) is 72.4 Å². The first-order valence-corrected chi connectivity index (χ1v) is 26.9. The van der Waals surface area contributed by atoms with Crippen LogP contribution in [-0.4, -0.2) is 134 Å². The minimum atomic E-state index is -1.73. The number of hydrogen-bond acceptors (Lipinski definition) is 14. The molecular weight excluding hydrogens is 1070 g/mol. The van der Waals surface area contributed by atoms with E-state index in [1.165, 1.54) is 26.2 Å². The minimum Gasteiger partial charge on any atom is -0.391 e. The van der Waals surface area contributed by atoms with Gasteiger partial charge in [-0.15, -0.1) is 0 Å². The van der Waals surface area contributed by atoms with E-state index in [4.69, 9.17) is 28.8 Å². The summed E-state index contributed by atoms with van der Waals surface area (Å²) in [6.45, 7) is 2.62. The normalized spacial score (nSPS) is 15.1. The number of amides is 8. The SMILES string of the molecule is CC(N)[C@H](NC(=O)[C@@H](Cc1c[nH]c2ccccc12)NC(=O)[C@H](Cc1cccnc1)NC(=O)[C@@H](CS)NC(=O)[C@@H](N)Cc1ccc(Cl)cc1)C(=O)N[C@H](C(=O)N[C@@H](CS)C(=O)N[C@@H](Cc1ccc2ccccc2c1)C(N)=O)[C@@H](C)O. The summed E-state index contributed by atoms with van der Waals surface area (Å²) in [5, 5.41) is 32.0. The number of hydrogen-bond donors (Lipinski definition) is 14. The number of primary amides is 1. The van der Waals surface area contributed by atoms with Crippen molar-refractivity contribution < 1.29 is 43.5 Å². The molecule has 4 aromatic carbocycles. The number of carbonyl (C=O) groups is 8. The van der Waals surface area contributed by atoms with Crippen molar-refractivity contribution in [2.45, 2.75) is 100 Å². The summed E-state index contributed by atoms with van der Waals surface area (Å²) in [4.78, 5) is 118. The Morgan fingerprint density at radius 1 is 0.570 bits per heavy atom. The average Bonchev–Trinajstić information content (AvgIpc) is 3.84. The molecule has 0 saturated carbocycles. The molecule has 0 fully saturated rings. The van der Waals surface area contributed by atoms with Crippen LogP contribution in [0.3, 0.4) is 0 Å². The second-order valence-electron chi connectivity index (χ2n) is 19.1. The molecule has 2 aromatic heterocycles. The van der Waals surface area contributed by atoms with Crippen LogP contribution in [0.1, 0.15) is 36.1 Å². The van der Waals surface area contributed by atoms with Crippen LogP contribution in [0.4, 0.5) is 0 Å². The van der Waals surface area contributed by atoms with Crippen molar-refractivity contribution in [3.8, 4) is 0 Å². The predicted molar refractivity (Wildman–Crippen MR) is 306 cm³/mol. The Hall–Kier alpha value is -7.54. The van der Waals surface area contributed by atoms with Crippen LogP contribution in [0.2, 0.25) is 5.02 Å². The van der Waals surface area contributed by atoms with Gasteiger partial charge in [0.1, 0.15) is 42.3 Å². The number of para-hydroxylation sites is 1. The number of fused-ring (bicyclic) bond motifs is 2. The average molecular weight is 1140 g/mol. The summed E-state index contributed by atoms with van der Waals surface area (Å²) in [5.41, 5.74) is 21.5. The van der Waals surface area contributed by atoms with Crippen molar-refractivity contribution in [2.24, 2.45) is 17.2 Å². The summed E-state index contributed by atoms with van der Waals surface area (Å²) in [7, 11) is 0. The highest BCUT2D eigenvalue weighted by molar-refractivity contribution is 7.80. The molecule has 10 atom stereocenters. The number of H-pyrrole nitrogens is 1. The van der Waals surface area contributed by atoms with Gasteiger partial charge in [-0.2, -0.15) is 25.3 Å². The minimum absolute atomic E-state index is 0.0337. The second-order valence-corrected chi connectivity index (χ2v) is 20.3. The molecule has 24 heteroatoms. The van der Waals surface area contributed by atoms with E-state index >= 15 is 0 Å². The van der Waals surface area contributed by atoms with Crippen molar-refractivity contribution in [3.63, 3.8) is 0 Å².